The molecule has 0 saturated carbocycles. The zero-order chi connectivity index (χ0) is 16.4. The third-order valence-electron chi connectivity index (χ3n) is 4.33. The van der Waals surface area contributed by atoms with Crippen LogP contribution in [0.25, 0.3) is 0 Å². The van der Waals surface area contributed by atoms with Gasteiger partial charge in [-0.2, -0.15) is 0 Å². The number of carbonyl (C=O) groups is 1. The van der Waals surface area contributed by atoms with Gasteiger partial charge in [0, 0.05) is 25.9 Å². The summed E-state index contributed by atoms with van der Waals surface area (Å²) < 4.78 is 6.72. The lowest BCUT2D eigenvalue weighted by molar-refractivity contribution is 0.0734. The number of carbonyl (C=O) groups excluding carboxylic acids is 1. The van der Waals surface area contributed by atoms with Crippen molar-refractivity contribution in [3.63, 3.8) is 0 Å². The Bertz CT molecular complexity index is 782. The summed E-state index contributed by atoms with van der Waals surface area (Å²) in [6.45, 7) is 0.726. The van der Waals surface area contributed by atoms with Crippen LogP contribution in [0.3, 0.4) is 0 Å². The number of methoxy groups -OCH3 is 1. The summed E-state index contributed by atoms with van der Waals surface area (Å²) in [6, 6.07) is 10.9. The molecule has 1 atom stereocenters. The second-order valence-corrected chi connectivity index (χ2v) is 5.80. The largest absolute Gasteiger partial charge is 0.497 e. The van der Waals surface area contributed by atoms with Crippen molar-refractivity contribution >= 4 is 5.91 Å². The Kier molecular flexibility index (Phi) is 4.19. The highest BCUT2D eigenvalue weighted by Crippen LogP contribution is 2.34. The smallest absolute Gasteiger partial charge is 0.255 e. The lowest BCUT2D eigenvalue weighted by atomic mass is 10.0. The molecule has 120 valence electrons. The van der Waals surface area contributed by atoms with Gasteiger partial charge in [0.2, 0.25) is 5.56 Å². The number of pyridine rings is 1. The summed E-state index contributed by atoms with van der Waals surface area (Å²) in [7, 11) is 3.30. The van der Waals surface area contributed by atoms with Gasteiger partial charge in [0.05, 0.1) is 18.7 Å². The van der Waals surface area contributed by atoms with Crippen LogP contribution in [0, 0.1) is 0 Å². The van der Waals surface area contributed by atoms with Crippen molar-refractivity contribution in [2.75, 3.05) is 13.7 Å². The number of aryl methyl sites for hydroxylation is 1. The maximum absolute atomic E-state index is 12.8. The summed E-state index contributed by atoms with van der Waals surface area (Å²) >= 11 is 0. The van der Waals surface area contributed by atoms with E-state index < -0.39 is 0 Å². The molecule has 5 heteroatoms. The average molecular weight is 312 g/mol. The summed E-state index contributed by atoms with van der Waals surface area (Å²) in [5.41, 5.74) is 1.51. The van der Waals surface area contributed by atoms with Crippen molar-refractivity contribution in [2.24, 2.45) is 7.05 Å². The van der Waals surface area contributed by atoms with Crippen LogP contribution in [0.4, 0.5) is 0 Å². The number of amides is 1. The number of likely N-dealkylation sites (tertiary alicyclic amines) is 1. The molecule has 23 heavy (non-hydrogen) atoms. The van der Waals surface area contributed by atoms with Crippen LogP contribution in [0.1, 0.15) is 34.8 Å². The molecule has 1 aliphatic heterocycles. The second-order valence-electron chi connectivity index (χ2n) is 5.80. The number of nitrogens with zero attached hydrogens (tertiary/aromatic N) is 2. The molecule has 0 N–H and O–H groups in total. The minimum Gasteiger partial charge on any atom is -0.497 e. The van der Waals surface area contributed by atoms with E-state index in [1.165, 1.54) is 10.6 Å². The first-order valence-corrected chi connectivity index (χ1v) is 7.72. The molecule has 1 fully saturated rings. The topological polar surface area (TPSA) is 51.5 Å². The van der Waals surface area contributed by atoms with E-state index >= 15 is 0 Å². The van der Waals surface area contributed by atoms with Gasteiger partial charge in [-0.25, -0.2) is 0 Å². The fraction of sp³-hybridized carbons (Fsp3) is 0.333. The highest BCUT2D eigenvalue weighted by molar-refractivity contribution is 5.94. The number of benzene rings is 1. The minimum atomic E-state index is -0.118. The van der Waals surface area contributed by atoms with E-state index in [4.69, 9.17) is 4.74 Å². The highest BCUT2D eigenvalue weighted by Gasteiger charge is 2.30. The molecule has 3 rings (SSSR count). The van der Waals surface area contributed by atoms with Gasteiger partial charge in [-0.1, -0.05) is 12.1 Å². The molecular formula is C18H20N2O3. The number of rotatable bonds is 3. The standard InChI is InChI=1S/C18H20N2O3/c1-19-12-14(8-9-17(19)21)18(22)20-10-4-7-16(20)13-5-3-6-15(11-13)23-2/h3,5-6,8-9,11-12,16H,4,7,10H2,1-2H3/t16-/m1/s1. The fourth-order valence-corrected chi connectivity index (χ4v) is 3.09. The predicted molar refractivity (Wildman–Crippen MR) is 87.7 cm³/mol. The normalized spacial score (nSPS) is 17.3. The van der Waals surface area contributed by atoms with Gasteiger partial charge >= 0.3 is 0 Å². The molecule has 2 aromatic rings. The predicted octanol–water partition coefficient (Wildman–Crippen LogP) is 2.37. The number of aromatic nitrogens is 1. The third kappa shape index (κ3) is 2.99. The zero-order valence-electron chi connectivity index (χ0n) is 13.4. The van der Waals surface area contributed by atoms with E-state index in [1.807, 2.05) is 29.2 Å². The van der Waals surface area contributed by atoms with Crippen molar-refractivity contribution in [3.05, 3.63) is 64.1 Å². The van der Waals surface area contributed by atoms with Gasteiger partial charge in [-0.05, 0) is 36.6 Å². The van der Waals surface area contributed by atoms with Crippen LogP contribution >= 0.6 is 0 Å². The zero-order valence-corrected chi connectivity index (χ0v) is 13.4. The first-order valence-electron chi connectivity index (χ1n) is 7.72. The van der Waals surface area contributed by atoms with Crippen LogP contribution < -0.4 is 10.3 Å². The first-order chi connectivity index (χ1) is 11.1. The summed E-state index contributed by atoms with van der Waals surface area (Å²) in [6.07, 6.45) is 3.51. The molecule has 0 bridgehead atoms. The first kappa shape index (κ1) is 15.3. The van der Waals surface area contributed by atoms with Crippen molar-refractivity contribution < 1.29 is 9.53 Å². The molecule has 1 aromatic heterocycles. The SMILES string of the molecule is COc1cccc([C@H]2CCCN2C(=O)c2ccc(=O)n(C)c2)c1. The maximum Gasteiger partial charge on any atom is 0.255 e. The third-order valence-corrected chi connectivity index (χ3v) is 4.33. The molecule has 2 heterocycles. The molecule has 0 radical (unpaired) electrons. The van der Waals surface area contributed by atoms with Crippen molar-refractivity contribution in [1.82, 2.24) is 9.47 Å². The highest BCUT2D eigenvalue weighted by atomic mass is 16.5. The van der Waals surface area contributed by atoms with Gasteiger partial charge in [-0.3, -0.25) is 9.59 Å². The summed E-state index contributed by atoms with van der Waals surface area (Å²) in [5, 5.41) is 0. The number of hydrogen-bond acceptors (Lipinski definition) is 3. The fourth-order valence-electron chi connectivity index (χ4n) is 3.09. The minimum absolute atomic E-state index is 0.0362. The van der Waals surface area contributed by atoms with Crippen LogP contribution in [0.5, 0.6) is 5.75 Å². The number of hydrogen-bond donors (Lipinski definition) is 0. The van der Waals surface area contributed by atoms with Gasteiger partial charge < -0.3 is 14.2 Å². The van der Waals surface area contributed by atoms with Crippen molar-refractivity contribution in [3.8, 4) is 5.75 Å². The molecule has 1 amide bonds. The Labute approximate surface area is 135 Å². The van der Waals surface area contributed by atoms with Crippen LogP contribution in [0.2, 0.25) is 0 Å². The van der Waals surface area contributed by atoms with Crippen LogP contribution in [-0.2, 0) is 7.05 Å². The Balaban J connectivity index is 1.89. The Hall–Kier alpha value is -2.56. The van der Waals surface area contributed by atoms with E-state index in [0.717, 1.165) is 30.7 Å². The summed E-state index contributed by atoms with van der Waals surface area (Å²) in [5.74, 6) is 0.759. The van der Waals surface area contributed by atoms with E-state index in [-0.39, 0.29) is 17.5 Å². The van der Waals surface area contributed by atoms with Crippen molar-refractivity contribution in [1.29, 1.82) is 0 Å². The summed E-state index contributed by atoms with van der Waals surface area (Å²) in [4.78, 5) is 26.2. The Morgan fingerprint density at radius 3 is 2.83 bits per heavy atom. The van der Waals surface area contributed by atoms with E-state index in [0.29, 0.717) is 5.56 Å². The van der Waals surface area contributed by atoms with Crippen LogP contribution in [-0.4, -0.2) is 29.0 Å². The van der Waals surface area contributed by atoms with Gasteiger partial charge in [-0.15, -0.1) is 0 Å². The molecule has 0 aliphatic carbocycles. The molecule has 1 aromatic carbocycles. The molecule has 1 aliphatic rings. The van der Waals surface area contributed by atoms with E-state index in [2.05, 4.69) is 0 Å². The van der Waals surface area contributed by atoms with Crippen LogP contribution in [0.15, 0.2) is 47.4 Å². The lowest BCUT2D eigenvalue weighted by Crippen LogP contribution is -2.31. The quantitative estimate of drug-likeness (QED) is 0.874. The monoisotopic (exact) mass is 312 g/mol. The van der Waals surface area contributed by atoms with Gasteiger partial charge in [0.15, 0.2) is 0 Å². The van der Waals surface area contributed by atoms with E-state index in [9.17, 15) is 9.59 Å². The maximum atomic E-state index is 12.8. The second kappa shape index (κ2) is 6.28. The van der Waals surface area contributed by atoms with E-state index in [1.54, 1.807) is 26.4 Å². The molecule has 0 unspecified atom stereocenters. The molecule has 0 spiro atoms. The van der Waals surface area contributed by atoms with Gasteiger partial charge in [0.1, 0.15) is 5.75 Å². The Morgan fingerprint density at radius 1 is 1.26 bits per heavy atom. The average Bonchev–Trinajstić information content (AvgIpc) is 3.06. The Morgan fingerprint density at radius 2 is 2.09 bits per heavy atom. The number of ether oxygens (including phenoxy) is 1. The molecular weight excluding hydrogens is 292 g/mol. The molecule has 5 nitrogen and oxygen atoms in total. The van der Waals surface area contributed by atoms with Crippen molar-refractivity contribution in [2.45, 2.75) is 18.9 Å². The molecule has 1 saturated heterocycles. The van der Waals surface area contributed by atoms with Gasteiger partial charge in [0.25, 0.3) is 5.91 Å². The lowest BCUT2D eigenvalue weighted by Gasteiger charge is -2.25.